The number of nitrogens with zero attached hydrogens (tertiary/aromatic N) is 6. The molecule has 25 heavy (non-hydrogen) atoms. The number of hydrogen-bond donors (Lipinski definition) is 2. The zero-order valence-electron chi connectivity index (χ0n) is 15.8. The Morgan fingerprint density at radius 1 is 1.32 bits per heavy atom. The molecule has 0 spiro atoms. The number of nitrogens with one attached hydrogen (secondary N) is 2. The van der Waals surface area contributed by atoms with E-state index in [4.69, 9.17) is 0 Å². The van der Waals surface area contributed by atoms with E-state index >= 15 is 0 Å². The van der Waals surface area contributed by atoms with E-state index in [1.165, 1.54) is 11.3 Å². The summed E-state index contributed by atoms with van der Waals surface area (Å²) in [5.74, 6) is 2.84. The van der Waals surface area contributed by atoms with Gasteiger partial charge < -0.3 is 10.6 Å². The van der Waals surface area contributed by atoms with Crippen molar-refractivity contribution >= 4 is 5.96 Å². The summed E-state index contributed by atoms with van der Waals surface area (Å²) >= 11 is 0. The van der Waals surface area contributed by atoms with E-state index in [2.05, 4.69) is 44.7 Å². The molecule has 0 aliphatic carbocycles. The van der Waals surface area contributed by atoms with Crippen LogP contribution >= 0.6 is 0 Å². The van der Waals surface area contributed by atoms with Gasteiger partial charge >= 0.3 is 0 Å². The van der Waals surface area contributed by atoms with Gasteiger partial charge in [0.15, 0.2) is 11.8 Å². The zero-order chi connectivity index (χ0) is 18.0. The molecule has 0 fully saturated rings. The van der Waals surface area contributed by atoms with E-state index in [9.17, 15) is 0 Å². The normalized spacial score (nSPS) is 17.5. The third-order valence-electron chi connectivity index (χ3n) is 4.87. The van der Waals surface area contributed by atoms with Gasteiger partial charge in [-0.15, -0.1) is 0 Å². The molecule has 1 unspecified atom stereocenters. The van der Waals surface area contributed by atoms with Crippen LogP contribution in [0.15, 0.2) is 4.99 Å². The smallest absolute Gasteiger partial charge is 0.191 e. The Morgan fingerprint density at radius 3 is 2.76 bits per heavy atom. The molecule has 8 nitrogen and oxygen atoms in total. The molecule has 0 saturated carbocycles. The molecule has 0 saturated heterocycles. The number of fused-ring (bicyclic) bond motifs is 1. The van der Waals surface area contributed by atoms with Crippen LogP contribution in [-0.2, 0) is 33.0 Å². The summed E-state index contributed by atoms with van der Waals surface area (Å²) in [5, 5.41) is 16.0. The Balaban J connectivity index is 1.59. The predicted molar refractivity (Wildman–Crippen MR) is 97.5 cm³/mol. The molecular formula is C17H28N8. The van der Waals surface area contributed by atoms with Gasteiger partial charge in [-0.25, -0.2) is 9.67 Å². The Morgan fingerprint density at radius 2 is 2.12 bits per heavy atom. The topological polar surface area (TPSA) is 84.9 Å². The molecule has 1 atom stereocenters. The molecule has 136 valence electrons. The molecule has 0 radical (unpaired) electrons. The number of hydrogen-bond acceptors (Lipinski definition) is 4. The lowest BCUT2D eigenvalue weighted by Crippen LogP contribution is -2.46. The molecule has 8 heteroatoms. The largest absolute Gasteiger partial charge is 0.352 e. The highest BCUT2D eigenvalue weighted by atomic mass is 15.4. The van der Waals surface area contributed by atoms with Gasteiger partial charge in [0, 0.05) is 50.8 Å². The van der Waals surface area contributed by atoms with E-state index in [1.807, 2.05) is 23.3 Å². The fraction of sp³-hybridized carbons (Fsp3) is 0.647. The van der Waals surface area contributed by atoms with E-state index in [0.29, 0.717) is 12.6 Å². The van der Waals surface area contributed by atoms with Crippen molar-refractivity contribution in [2.24, 2.45) is 12.0 Å². The van der Waals surface area contributed by atoms with Gasteiger partial charge in [0.2, 0.25) is 0 Å². The SMILES string of the molecule is CCc1nc2n(n1)CC(NC(=NC)NCc1c(C)nn(C)c1C)CC2. The third-order valence-corrected chi connectivity index (χ3v) is 4.87. The second-order valence-corrected chi connectivity index (χ2v) is 6.56. The van der Waals surface area contributed by atoms with Gasteiger partial charge in [-0.2, -0.15) is 10.2 Å². The molecule has 2 aromatic heterocycles. The highest BCUT2D eigenvalue weighted by Crippen LogP contribution is 2.14. The fourth-order valence-electron chi connectivity index (χ4n) is 3.26. The lowest BCUT2D eigenvalue weighted by molar-refractivity contribution is 0.392. The molecule has 3 rings (SSSR count). The fourth-order valence-corrected chi connectivity index (χ4v) is 3.26. The third kappa shape index (κ3) is 3.67. The standard InChI is InChI=1S/C17H28N8/c1-6-15-21-16-8-7-13(10-25(16)23-15)20-17(18-4)19-9-14-11(2)22-24(5)12(14)3/h13H,6-10H2,1-5H3,(H2,18,19,20). The van der Waals surface area contributed by atoms with Crippen LogP contribution < -0.4 is 10.6 Å². The van der Waals surface area contributed by atoms with Crippen molar-refractivity contribution in [3.05, 3.63) is 28.6 Å². The van der Waals surface area contributed by atoms with E-state index in [-0.39, 0.29) is 0 Å². The Labute approximate surface area is 148 Å². The van der Waals surface area contributed by atoms with Crippen molar-refractivity contribution in [3.8, 4) is 0 Å². The van der Waals surface area contributed by atoms with Gasteiger partial charge in [0.25, 0.3) is 0 Å². The number of rotatable bonds is 4. The highest BCUT2D eigenvalue weighted by molar-refractivity contribution is 5.80. The van der Waals surface area contributed by atoms with Crippen LogP contribution in [0.5, 0.6) is 0 Å². The number of aliphatic imine (C=N–C) groups is 1. The molecule has 2 N–H and O–H groups in total. The zero-order valence-corrected chi connectivity index (χ0v) is 15.8. The van der Waals surface area contributed by atoms with Crippen molar-refractivity contribution in [1.29, 1.82) is 0 Å². The van der Waals surface area contributed by atoms with Crippen LogP contribution in [0, 0.1) is 13.8 Å². The van der Waals surface area contributed by atoms with Crippen LogP contribution in [0.2, 0.25) is 0 Å². The van der Waals surface area contributed by atoms with Crippen molar-refractivity contribution in [2.45, 2.75) is 59.2 Å². The average molecular weight is 344 g/mol. The monoisotopic (exact) mass is 344 g/mol. The minimum absolute atomic E-state index is 0.307. The summed E-state index contributed by atoms with van der Waals surface area (Å²) in [6.45, 7) is 7.76. The van der Waals surface area contributed by atoms with Crippen LogP contribution in [0.4, 0.5) is 0 Å². The minimum atomic E-state index is 0.307. The van der Waals surface area contributed by atoms with Gasteiger partial charge in [-0.1, -0.05) is 6.92 Å². The van der Waals surface area contributed by atoms with Crippen LogP contribution in [0.3, 0.4) is 0 Å². The van der Waals surface area contributed by atoms with Crippen molar-refractivity contribution in [1.82, 2.24) is 35.2 Å². The van der Waals surface area contributed by atoms with E-state index < -0.39 is 0 Å². The highest BCUT2D eigenvalue weighted by Gasteiger charge is 2.22. The number of aryl methyl sites for hydroxylation is 4. The van der Waals surface area contributed by atoms with Crippen molar-refractivity contribution in [3.63, 3.8) is 0 Å². The maximum absolute atomic E-state index is 4.57. The van der Waals surface area contributed by atoms with E-state index in [0.717, 1.165) is 49.1 Å². The molecule has 0 amide bonds. The van der Waals surface area contributed by atoms with Gasteiger partial charge in [0.1, 0.15) is 5.82 Å². The van der Waals surface area contributed by atoms with Gasteiger partial charge in [0.05, 0.1) is 12.2 Å². The second-order valence-electron chi connectivity index (χ2n) is 6.56. The summed E-state index contributed by atoms with van der Waals surface area (Å²) < 4.78 is 3.95. The Hall–Kier alpha value is -2.38. The van der Waals surface area contributed by atoms with Gasteiger partial charge in [-0.3, -0.25) is 9.67 Å². The lowest BCUT2D eigenvalue weighted by atomic mass is 10.1. The van der Waals surface area contributed by atoms with Crippen LogP contribution in [0.25, 0.3) is 0 Å². The average Bonchev–Trinajstić information content (AvgIpc) is 3.12. The molecular weight excluding hydrogens is 316 g/mol. The molecule has 1 aliphatic heterocycles. The van der Waals surface area contributed by atoms with Gasteiger partial charge in [-0.05, 0) is 20.3 Å². The van der Waals surface area contributed by atoms with Crippen LogP contribution in [0.1, 0.15) is 41.9 Å². The summed E-state index contributed by atoms with van der Waals surface area (Å²) in [7, 11) is 3.78. The number of aromatic nitrogens is 5. The quantitative estimate of drug-likeness (QED) is 0.635. The Bertz CT molecular complexity index is 770. The summed E-state index contributed by atoms with van der Waals surface area (Å²) in [6, 6.07) is 0.307. The second kappa shape index (κ2) is 7.25. The molecule has 0 bridgehead atoms. The molecule has 0 aromatic carbocycles. The maximum Gasteiger partial charge on any atom is 0.191 e. The Kier molecular flexibility index (Phi) is 5.06. The van der Waals surface area contributed by atoms with E-state index in [1.54, 1.807) is 7.05 Å². The first-order chi connectivity index (χ1) is 12.0. The first-order valence-electron chi connectivity index (χ1n) is 8.90. The van der Waals surface area contributed by atoms with Crippen LogP contribution in [-0.4, -0.2) is 43.6 Å². The predicted octanol–water partition coefficient (Wildman–Crippen LogP) is 0.871. The lowest BCUT2D eigenvalue weighted by Gasteiger charge is -2.25. The molecule has 1 aliphatic rings. The molecule has 3 heterocycles. The summed E-state index contributed by atoms with van der Waals surface area (Å²) in [6.07, 6.45) is 2.86. The minimum Gasteiger partial charge on any atom is -0.352 e. The van der Waals surface area contributed by atoms with Crippen molar-refractivity contribution < 1.29 is 0 Å². The number of guanidine groups is 1. The first kappa shape index (κ1) is 17.4. The summed E-state index contributed by atoms with van der Waals surface area (Å²) in [4.78, 5) is 8.93. The van der Waals surface area contributed by atoms with Crippen molar-refractivity contribution in [2.75, 3.05) is 7.05 Å². The maximum atomic E-state index is 4.57. The summed E-state index contributed by atoms with van der Waals surface area (Å²) in [5.41, 5.74) is 3.46. The first-order valence-corrected chi connectivity index (χ1v) is 8.90. The molecule has 2 aromatic rings.